The van der Waals surface area contributed by atoms with E-state index in [4.69, 9.17) is 9.47 Å². The monoisotopic (exact) mass is 425 g/mol. The minimum Gasteiger partial charge on any atom is -0.495 e. The van der Waals surface area contributed by atoms with E-state index in [0.29, 0.717) is 43.6 Å². The summed E-state index contributed by atoms with van der Waals surface area (Å²) in [6.45, 7) is 4.04. The highest BCUT2D eigenvalue weighted by atomic mass is 16.5. The van der Waals surface area contributed by atoms with Gasteiger partial charge in [-0.3, -0.25) is 9.69 Å². The Morgan fingerprint density at radius 1 is 1.19 bits per heavy atom. The van der Waals surface area contributed by atoms with Crippen molar-refractivity contribution in [1.82, 2.24) is 19.8 Å². The van der Waals surface area contributed by atoms with Crippen LogP contribution in [-0.4, -0.2) is 77.6 Å². The zero-order valence-electron chi connectivity index (χ0n) is 17.9. The fraction of sp³-hybridized carbons (Fsp3) is 0.455. The Kier molecular flexibility index (Phi) is 6.20. The normalized spacial score (nSPS) is 19.0. The molecule has 0 spiro atoms. The van der Waals surface area contributed by atoms with E-state index in [0.717, 1.165) is 18.5 Å². The molecular weight excluding hydrogens is 398 g/mol. The lowest BCUT2D eigenvalue weighted by Gasteiger charge is -2.33. The molecule has 2 aromatic rings. The summed E-state index contributed by atoms with van der Waals surface area (Å²) in [5.41, 5.74) is 0.719. The number of ether oxygens (including phenoxy) is 2. The molecule has 0 bridgehead atoms. The van der Waals surface area contributed by atoms with Crippen LogP contribution in [0, 0.1) is 6.92 Å². The quantitative estimate of drug-likeness (QED) is 0.704. The third-order valence-electron chi connectivity index (χ3n) is 5.57. The van der Waals surface area contributed by atoms with Crippen molar-refractivity contribution in [2.75, 3.05) is 44.7 Å². The lowest BCUT2D eigenvalue weighted by molar-refractivity contribution is -0.134. The Balaban J connectivity index is 1.35. The van der Waals surface area contributed by atoms with Gasteiger partial charge in [-0.2, -0.15) is 4.98 Å². The standard InChI is InChI=1S/C22H27N5O4/c1-16-23-10-9-20(24-16)31-17-6-5-11-25(14-17)21(28)15-26-12-13-27(22(26)29)18-7-3-4-8-19(18)30-2/h3-4,7-10,17H,5-6,11-15H2,1-2H3. The largest absolute Gasteiger partial charge is 0.495 e. The highest BCUT2D eigenvalue weighted by molar-refractivity contribution is 5.97. The van der Waals surface area contributed by atoms with E-state index in [-0.39, 0.29) is 24.6 Å². The van der Waals surface area contributed by atoms with Crippen molar-refractivity contribution in [1.29, 1.82) is 0 Å². The average Bonchev–Trinajstić information content (AvgIpc) is 3.13. The van der Waals surface area contributed by atoms with E-state index in [1.807, 2.05) is 31.2 Å². The Labute approximate surface area is 181 Å². The molecule has 1 atom stereocenters. The van der Waals surface area contributed by atoms with Gasteiger partial charge in [0.05, 0.1) is 19.3 Å². The number of methoxy groups -OCH3 is 1. The van der Waals surface area contributed by atoms with E-state index < -0.39 is 0 Å². The Hall–Kier alpha value is -3.36. The zero-order valence-corrected chi connectivity index (χ0v) is 17.9. The van der Waals surface area contributed by atoms with Crippen LogP contribution in [0.1, 0.15) is 18.7 Å². The fourth-order valence-corrected chi connectivity index (χ4v) is 4.00. The van der Waals surface area contributed by atoms with E-state index in [9.17, 15) is 9.59 Å². The molecule has 2 aliphatic rings. The summed E-state index contributed by atoms with van der Waals surface area (Å²) < 4.78 is 11.3. The molecule has 9 nitrogen and oxygen atoms in total. The summed E-state index contributed by atoms with van der Waals surface area (Å²) in [5, 5.41) is 0. The third kappa shape index (κ3) is 4.70. The Morgan fingerprint density at radius 3 is 2.84 bits per heavy atom. The molecule has 164 valence electrons. The summed E-state index contributed by atoms with van der Waals surface area (Å²) in [6.07, 6.45) is 3.25. The molecule has 2 saturated heterocycles. The number of urea groups is 1. The van der Waals surface area contributed by atoms with Crippen molar-refractivity contribution in [2.24, 2.45) is 0 Å². The summed E-state index contributed by atoms with van der Waals surface area (Å²) in [5.74, 6) is 1.74. The molecule has 3 amide bonds. The van der Waals surface area contributed by atoms with Gasteiger partial charge in [0.25, 0.3) is 0 Å². The molecule has 2 fully saturated rings. The lowest BCUT2D eigenvalue weighted by Crippen LogP contribution is -2.48. The molecule has 0 radical (unpaired) electrons. The first-order valence-electron chi connectivity index (χ1n) is 10.5. The van der Waals surface area contributed by atoms with Crippen LogP contribution in [0.3, 0.4) is 0 Å². The first kappa shape index (κ1) is 20.9. The van der Waals surface area contributed by atoms with E-state index in [2.05, 4.69) is 9.97 Å². The molecule has 4 rings (SSSR count). The summed E-state index contributed by atoms with van der Waals surface area (Å²) in [7, 11) is 1.58. The van der Waals surface area contributed by atoms with Crippen LogP contribution in [-0.2, 0) is 4.79 Å². The number of amides is 3. The Morgan fingerprint density at radius 2 is 2.03 bits per heavy atom. The number of likely N-dealkylation sites (tertiary alicyclic amines) is 1. The predicted molar refractivity (Wildman–Crippen MR) is 114 cm³/mol. The number of carbonyl (C=O) groups is 2. The maximum atomic E-state index is 12.9. The maximum Gasteiger partial charge on any atom is 0.325 e. The van der Waals surface area contributed by atoms with Gasteiger partial charge in [0.2, 0.25) is 11.8 Å². The molecule has 1 unspecified atom stereocenters. The Bertz CT molecular complexity index is 953. The summed E-state index contributed by atoms with van der Waals surface area (Å²) in [4.78, 5) is 39.2. The minimum atomic E-state index is -0.181. The van der Waals surface area contributed by atoms with Crippen LogP contribution >= 0.6 is 0 Å². The summed E-state index contributed by atoms with van der Waals surface area (Å²) >= 11 is 0. The van der Waals surface area contributed by atoms with Gasteiger partial charge < -0.3 is 19.3 Å². The van der Waals surface area contributed by atoms with Gasteiger partial charge >= 0.3 is 6.03 Å². The molecular formula is C22H27N5O4. The second-order valence-corrected chi connectivity index (χ2v) is 7.69. The maximum absolute atomic E-state index is 12.9. The number of nitrogens with zero attached hydrogens (tertiary/aromatic N) is 5. The third-order valence-corrected chi connectivity index (χ3v) is 5.57. The fourth-order valence-electron chi connectivity index (χ4n) is 4.00. The van der Waals surface area contributed by atoms with Crippen LogP contribution in [0.15, 0.2) is 36.5 Å². The van der Waals surface area contributed by atoms with Gasteiger partial charge in [0.1, 0.15) is 24.2 Å². The number of rotatable bonds is 6. The number of carbonyl (C=O) groups excluding carboxylic acids is 2. The van der Waals surface area contributed by atoms with Crippen LogP contribution in [0.2, 0.25) is 0 Å². The number of para-hydroxylation sites is 2. The molecule has 0 aliphatic carbocycles. The van der Waals surface area contributed by atoms with Crippen LogP contribution in [0.25, 0.3) is 0 Å². The average molecular weight is 425 g/mol. The van der Waals surface area contributed by atoms with Gasteiger partial charge in [0, 0.05) is 31.9 Å². The van der Waals surface area contributed by atoms with E-state index in [1.165, 1.54) is 0 Å². The topological polar surface area (TPSA) is 88.1 Å². The smallest absolute Gasteiger partial charge is 0.325 e. The SMILES string of the molecule is COc1ccccc1N1CCN(CC(=O)N2CCCC(Oc3ccnc(C)n3)C2)C1=O. The zero-order chi connectivity index (χ0) is 21.8. The molecule has 9 heteroatoms. The van der Waals surface area contributed by atoms with Crippen molar-refractivity contribution >= 4 is 17.6 Å². The number of anilines is 1. The number of aromatic nitrogens is 2. The van der Waals surface area contributed by atoms with Crippen molar-refractivity contribution in [2.45, 2.75) is 25.9 Å². The highest BCUT2D eigenvalue weighted by Gasteiger charge is 2.34. The van der Waals surface area contributed by atoms with Gasteiger partial charge in [-0.05, 0) is 31.9 Å². The van der Waals surface area contributed by atoms with Crippen molar-refractivity contribution < 1.29 is 19.1 Å². The first-order valence-corrected chi connectivity index (χ1v) is 10.5. The second-order valence-electron chi connectivity index (χ2n) is 7.69. The van der Waals surface area contributed by atoms with Gasteiger partial charge in [-0.15, -0.1) is 0 Å². The van der Waals surface area contributed by atoms with Crippen molar-refractivity contribution in [3.63, 3.8) is 0 Å². The highest BCUT2D eigenvalue weighted by Crippen LogP contribution is 2.30. The lowest BCUT2D eigenvalue weighted by atomic mass is 10.1. The van der Waals surface area contributed by atoms with Crippen molar-refractivity contribution in [3.8, 4) is 11.6 Å². The van der Waals surface area contributed by atoms with Gasteiger partial charge in [-0.25, -0.2) is 9.78 Å². The molecule has 1 aromatic carbocycles. The molecule has 0 saturated carbocycles. The van der Waals surface area contributed by atoms with E-state index >= 15 is 0 Å². The molecule has 1 aromatic heterocycles. The number of piperidine rings is 1. The molecule has 0 N–H and O–H groups in total. The van der Waals surface area contributed by atoms with Crippen LogP contribution < -0.4 is 14.4 Å². The van der Waals surface area contributed by atoms with Gasteiger partial charge in [0.15, 0.2) is 0 Å². The second kappa shape index (κ2) is 9.20. The molecule has 3 heterocycles. The predicted octanol–water partition coefficient (Wildman–Crippen LogP) is 2.11. The van der Waals surface area contributed by atoms with Gasteiger partial charge in [-0.1, -0.05) is 12.1 Å². The van der Waals surface area contributed by atoms with Crippen molar-refractivity contribution in [3.05, 3.63) is 42.4 Å². The van der Waals surface area contributed by atoms with Crippen LogP contribution in [0.4, 0.5) is 10.5 Å². The number of benzene rings is 1. The molecule has 2 aliphatic heterocycles. The number of hydrogen-bond acceptors (Lipinski definition) is 6. The first-order chi connectivity index (χ1) is 15.0. The number of hydrogen-bond donors (Lipinski definition) is 0. The number of aryl methyl sites for hydroxylation is 1. The molecule has 31 heavy (non-hydrogen) atoms. The van der Waals surface area contributed by atoms with Crippen LogP contribution in [0.5, 0.6) is 11.6 Å². The van der Waals surface area contributed by atoms with E-state index in [1.54, 1.807) is 34.1 Å². The minimum absolute atomic E-state index is 0.0593. The summed E-state index contributed by atoms with van der Waals surface area (Å²) in [6, 6.07) is 8.95.